The predicted molar refractivity (Wildman–Crippen MR) is 125 cm³/mol. The molecule has 0 spiro atoms. The summed E-state index contributed by atoms with van der Waals surface area (Å²) in [6.45, 7) is 1.63. The molecule has 0 aliphatic carbocycles. The Kier molecular flexibility index (Phi) is 6.19. The topological polar surface area (TPSA) is 96.8 Å². The van der Waals surface area contributed by atoms with Gasteiger partial charge in [-0.3, -0.25) is 14.5 Å². The molecule has 1 unspecified atom stereocenters. The highest BCUT2D eigenvalue weighted by Gasteiger charge is 2.45. The average Bonchev–Trinajstić information content (AvgIpc) is 3.35. The van der Waals surface area contributed by atoms with Crippen LogP contribution in [0.2, 0.25) is 0 Å². The van der Waals surface area contributed by atoms with Gasteiger partial charge in [-0.2, -0.15) is 0 Å². The minimum Gasteiger partial charge on any atom is -0.503 e. The largest absolute Gasteiger partial charge is 0.503 e. The third kappa shape index (κ3) is 4.20. The fourth-order valence-corrected chi connectivity index (χ4v) is 4.61. The molecule has 1 atom stereocenters. The van der Waals surface area contributed by atoms with E-state index in [-0.39, 0.29) is 15.6 Å². The molecule has 33 heavy (non-hydrogen) atoms. The van der Waals surface area contributed by atoms with Crippen molar-refractivity contribution < 1.29 is 24.2 Å². The minimum absolute atomic E-state index is 0.0501. The van der Waals surface area contributed by atoms with Crippen molar-refractivity contribution >= 4 is 40.2 Å². The number of ketones is 1. The van der Waals surface area contributed by atoms with Gasteiger partial charge in [0, 0.05) is 0 Å². The van der Waals surface area contributed by atoms with Crippen molar-refractivity contribution in [1.29, 1.82) is 0 Å². The van der Waals surface area contributed by atoms with Crippen LogP contribution in [-0.2, 0) is 14.3 Å². The Labute approximate surface area is 194 Å². The second-order valence-corrected chi connectivity index (χ2v) is 8.24. The molecule has 0 bridgehead atoms. The molecule has 1 aromatic heterocycles. The first-order chi connectivity index (χ1) is 15.9. The van der Waals surface area contributed by atoms with E-state index in [0.717, 1.165) is 16.9 Å². The zero-order valence-electron chi connectivity index (χ0n) is 17.9. The molecule has 1 aliphatic heterocycles. The highest BCUT2D eigenvalue weighted by atomic mass is 32.1. The highest BCUT2D eigenvalue weighted by Crippen LogP contribution is 2.43. The van der Waals surface area contributed by atoms with E-state index in [1.165, 1.54) is 18.1 Å². The number of aromatic nitrogens is 1. The van der Waals surface area contributed by atoms with Gasteiger partial charge in [0.05, 0.1) is 24.4 Å². The lowest BCUT2D eigenvalue weighted by molar-refractivity contribution is -0.117. The summed E-state index contributed by atoms with van der Waals surface area (Å²) in [4.78, 5) is 44.3. The third-order valence-electron chi connectivity index (χ3n) is 5.18. The molecule has 1 aliphatic rings. The van der Waals surface area contributed by atoms with Crippen LogP contribution in [0.15, 0.2) is 78.1 Å². The van der Waals surface area contributed by atoms with E-state index in [9.17, 15) is 19.5 Å². The number of carbonyl (C=O) groups is 3. The Morgan fingerprint density at radius 1 is 1.09 bits per heavy atom. The number of aliphatic hydroxyl groups is 1. The number of carbonyl (C=O) groups excluding carboxylic acids is 3. The number of ether oxygens (including phenoxy) is 1. The SMILES string of the molecule is COC(=O)c1sc(N2C(=O)C(O)=C(C(=O)C=Cc3ccccc3)C2c2ccccc2)nc1C. The van der Waals surface area contributed by atoms with Gasteiger partial charge in [0.15, 0.2) is 16.7 Å². The lowest BCUT2D eigenvalue weighted by Crippen LogP contribution is -2.30. The number of aliphatic hydroxyl groups excluding tert-OH is 1. The molecule has 8 heteroatoms. The molecule has 0 saturated heterocycles. The lowest BCUT2D eigenvalue weighted by atomic mass is 9.96. The number of nitrogens with zero attached hydrogens (tertiary/aromatic N) is 2. The van der Waals surface area contributed by atoms with Crippen LogP contribution in [0, 0.1) is 6.92 Å². The summed E-state index contributed by atoms with van der Waals surface area (Å²) in [5.74, 6) is -2.47. The van der Waals surface area contributed by atoms with Crippen LogP contribution < -0.4 is 4.90 Å². The fourth-order valence-electron chi connectivity index (χ4n) is 3.60. The number of anilines is 1. The van der Waals surface area contributed by atoms with Gasteiger partial charge in [0.1, 0.15) is 4.88 Å². The summed E-state index contributed by atoms with van der Waals surface area (Å²) in [5.41, 5.74) is 1.77. The molecule has 1 N–H and O–H groups in total. The Morgan fingerprint density at radius 3 is 2.36 bits per heavy atom. The molecular formula is C25H20N2O5S. The number of hydrogen-bond acceptors (Lipinski definition) is 7. The first kappa shape index (κ1) is 22.2. The maximum absolute atomic E-state index is 13.2. The van der Waals surface area contributed by atoms with Crippen LogP contribution in [-0.4, -0.2) is 34.9 Å². The fraction of sp³-hybridized carbons (Fsp3) is 0.120. The van der Waals surface area contributed by atoms with Crippen LogP contribution in [0.5, 0.6) is 0 Å². The van der Waals surface area contributed by atoms with Crippen LogP contribution in [0.1, 0.15) is 32.5 Å². The number of aryl methyl sites for hydroxylation is 1. The Hall–Kier alpha value is -4.04. The minimum atomic E-state index is -0.900. The number of amides is 1. The van der Waals surface area contributed by atoms with E-state index < -0.39 is 29.5 Å². The van der Waals surface area contributed by atoms with Crippen molar-refractivity contribution in [2.24, 2.45) is 0 Å². The molecule has 7 nitrogen and oxygen atoms in total. The smallest absolute Gasteiger partial charge is 0.350 e. The van der Waals surface area contributed by atoms with Crippen LogP contribution in [0.3, 0.4) is 0 Å². The van der Waals surface area contributed by atoms with Crippen molar-refractivity contribution in [3.05, 3.63) is 99.8 Å². The van der Waals surface area contributed by atoms with E-state index in [1.54, 1.807) is 37.3 Å². The zero-order valence-corrected chi connectivity index (χ0v) is 18.7. The molecule has 2 aromatic carbocycles. The average molecular weight is 461 g/mol. The Bertz CT molecular complexity index is 1280. The summed E-state index contributed by atoms with van der Waals surface area (Å²) in [7, 11) is 1.26. The Morgan fingerprint density at radius 2 is 1.73 bits per heavy atom. The lowest BCUT2D eigenvalue weighted by Gasteiger charge is -2.24. The van der Waals surface area contributed by atoms with Crippen molar-refractivity contribution in [2.75, 3.05) is 12.0 Å². The maximum Gasteiger partial charge on any atom is 0.350 e. The molecule has 0 fully saturated rings. The molecule has 1 amide bonds. The molecule has 3 aromatic rings. The van der Waals surface area contributed by atoms with Crippen LogP contribution in [0.4, 0.5) is 5.13 Å². The van der Waals surface area contributed by atoms with Crippen molar-refractivity contribution in [3.8, 4) is 0 Å². The van der Waals surface area contributed by atoms with Gasteiger partial charge in [0.25, 0.3) is 5.91 Å². The quantitative estimate of drug-likeness (QED) is 0.432. The predicted octanol–water partition coefficient (Wildman–Crippen LogP) is 4.42. The van der Waals surface area contributed by atoms with Crippen molar-refractivity contribution in [2.45, 2.75) is 13.0 Å². The molecule has 166 valence electrons. The normalized spacial score (nSPS) is 16.0. The molecule has 4 rings (SSSR count). The van der Waals surface area contributed by atoms with Gasteiger partial charge in [-0.25, -0.2) is 9.78 Å². The van der Waals surface area contributed by atoms with Gasteiger partial charge in [-0.15, -0.1) is 0 Å². The molecule has 0 saturated carbocycles. The van der Waals surface area contributed by atoms with E-state index >= 15 is 0 Å². The van der Waals surface area contributed by atoms with Gasteiger partial charge in [-0.1, -0.05) is 78.1 Å². The first-order valence-electron chi connectivity index (χ1n) is 10.1. The van der Waals surface area contributed by atoms with Crippen molar-refractivity contribution in [1.82, 2.24) is 4.98 Å². The van der Waals surface area contributed by atoms with Crippen LogP contribution >= 0.6 is 11.3 Å². The summed E-state index contributed by atoms with van der Waals surface area (Å²) in [5, 5.41) is 10.9. The first-order valence-corrected chi connectivity index (χ1v) is 10.9. The standard InChI is InChI=1S/C25H20N2O5S/c1-15-22(24(31)32-2)33-25(26-15)27-20(17-11-7-4-8-12-17)19(21(29)23(27)30)18(28)14-13-16-9-5-3-6-10-16/h3-14,20,29H,1-2H3. The number of hydrogen-bond donors (Lipinski definition) is 1. The van der Waals surface area contributed by atoms with Gasteiger partial charge in [-0.05, 0) is 24.1 Å². The monoisotopic (exact) mass is 460 g/mol. The maximum atomic E-state index is 13.2. The molecule has 2 heterocycles. The number of methoxy groups -OCH3 is 1. The van der Waals surface area contributed by atoms with E-state index in [0.29, 0.717) is 11.3 Å². The number of allylic oxidation sites excluding steroid dienone is 1. The second-order valence-electron chi connectivity index (χ2n) is 7.26. The van der Waals surface area contributed by atoms with E-state index in [1.807, 2.05) is 36.4 Å². The van der Waals surface area contributed by atoms with E-state index in [4.69, 9.17) is 4.74 Å². The van der Waals surface area contributed by atoms with Gasteiger partial charge < -0.3 is 9.84 Å². The third-order valence-corrected chi connectivity index (χ3v) is 6.31. The number of rotatable bonds is 6. The number of benzene rings is 2. The van der Waals surface area contributed by atoms with Gasteiger partial charge >= 0.3 is 5.97 Å². The zero-order chi connectivity index (χ0) is 23.5. The summed E-state index contributed by atoms with van der Waals surface area (Å²) >= 11 is 0.970. The molecule has 0 radical (unpaired) electrons. The summed E-state index contributed by atoms with van der Waals surface area (Å²) in [6, 6.07) is 17.2. The van der Waals surface area contributed by atoms with Gasteiger partial charge in [0.2, 0.25) is 0 Å². The van der Waals surface area contributed by atoms with Crippen LogP contribution in [0.25, 0.3) is 6.08 Å². The highest BCUT2D eigenvalue weighted by molar-refractivity contribution is 7.17. The second kappa shape index (κ2) is 9.22. The van der Waals surface area contributed by atoms with Crippen molar-refractivity contribution in [3.63, 3.8) is 0 Å². The number of esters is 1. The molecular weight excluding hydrogens is 440 g/mol. The van der Waals surface area contributed by atoms with E-state index in [2.05, 4.69) is 4.98 Å². The summed E-state index contributed by atoms with van der Waals surface area (Å²) in [6.07, 6.45) is 2.96. The number of thiazole rings is 1. The summed E-state index contributed by atoms with van der Waals surface area (Å²) < 4.78 is 4.79. The Balaban J connectivity index is 1.78.